The minimum Gasteiger partial charge on any atom is -0.464 e. The maximum atomic E-state index is 11.8. The second kappa shape index (κ2) is 4.33. The van der Waals surface area contributed by atoms with Crippen LogP contribution in [0.4, 0.5) is 5.95 Å². The molecule has 0 aliphatic heterocycles. The van der Waals surface area contributed by atoms with Crippen molar-refractivity contribution in [3.8, 4) is 0 Å². The molecule has 0 spiro atoms. The summed E-state index contributed by atoms with van der Waals surface area (Å²) in [6.45, 7) is 0. The lowest BCUT2D eigenvalue weighted by Crippen LogP contribution is -2.15. The van der Waals surface area contributed by atoms with E-state index >= 15 is 0 Å². The lowest BCUT2D eigenvalue weighted by atomic mass is 10.1. The second-order valence-electron chi connectivity index (χ2n) is 3.82. The van der Waals surface area contributed by atoms with Crippen LogP contribution in [0, 0.1) is 0 Å². The van der Waals surface area contributed by atoms with Gasteiger partial charge >= 0.3 is 0 Å². The third kappa shape index (κ3) is 1.95. The number of aromatic nitrogens is 3. The molecule has 6 heteroatoms. The summed E-state index contributed by atoms with van der Waals surface area (Å²) in [4.78, 5) is 15.6. The lowest BCUT2D eigenvalue weighted by Gasteiger charge is -1.99. The molecule has 0 radical (unpaired) electrons. The third-order valence-electron chi connectivity index (χ3n) is 2.59. The summed E-state index contributed by atoms with van der Waals surface area (Å²) in [6, 6.07) is 7.60. The molecule has 1 aromatic carbocycles. The van der Waals surface area contributed by atoms with Crippen LogP contribution in [0.15, 0.2) is 41.3 Å². The van der Waals surface area contributed by atoms with Crippen LogP contribution in [0.1, 0.15) is 5.56 Å². The number of nitrogens with zero attached hydrogens (tertiary/aromatic N) is 2. The Hall–Kier alpha value is -2.63. The summed E-state index contributed by atoms with van der Waals surface area (Å²) in [6.07, 6.45) is 3.17. The molecular weight excluding hydrogens is 232 g/mol. The Morgan fingerprint density at radius 2 is 2.28 bits per heavy atom. The van der Waals surface area contributed by atoms with Gasteiger partial charge in [-0.3, -0.25) is 10.1 Å². The maximum Gasteiger partial charge on any atom is 0.231 e. The van der Waals surface area contributed by atoms with Gasteiger partial charge in [-0.05, 0) is 6.07 Å². The minimum atomic E-state index is -0.168. The Balaban J connectivity index is 1.78. The largest absolute Gasteiger partial charge is 0.464 e. The molecule has 0 atom stereocenters. The Morgan fingerprint density at radius 1 is 1.39 bits per heavy atom. The van der Waals surface area contributed by atoms with Crippen LogP contribution in [-0.2, 0) is 11.2 Å². The van der Waals surface area contributed by atoms with Crippen molar-refractivity contribution in [1.29, 1.82) is 0 Å². The van der Waals surface area contributed by atoms with Gasteiger partial charge in [-0.15, -0.1) is 0 Å². The predicted molar refractivity (Wildman–Crippen MR) is 64.9 cm³/mol. The standard InChI is InChI=1S/C12H10N4O2/c17-11(15-12-13-7-14-16-12)5-8-6-18-10-4-2-1-3-9(8)10/h1-4,6-7H,5H2,(H2,13,14,15,16,17). The van der Waals surface area contributed by atoms with E-state index in [9.17, 15) is 4.79 Å². The third-order valence-corrected chi connectivity index (χ3v) is 2.59. The van der Waals surface area contributed by atoms with Crippen molar-refractivity contribution >= 4 is 22.8 Å². The number of hydrogen-bond acceptors (Lipinski definition) is 4. The molecule has 18 heavy (non-hydrogen) atoms. The van der Waals surface area contributed by atoms with Crippen LogP contribution < -0.4 is 5.32 Å². The first-order valence-corrected chi connectivity index (χ1v) is 5.43. The number of amides is 1. The summed E-state index contributed by atoms with van der Waals surface area (Å²) in [5, 5.41) is 9.79. The first-order valence-electron chi connectivity index (χ1n) is 5.43. The molecule has 2 N–H and O–H groups in total. The van der Waals surface area contributed by atoms with Crippen molar-refractivity contribution in [2.24, 2.45) is 0 Å². The molecule has 90 valence electrons. The number of hydrogen-bond donors (Lipinski definition) is 2. The second-order valence-corrected chi connectivity index (χ2v) is 3.82. The topological polar surface area (TPSA) is 83.8 Å². The minimum absolute atomic E-state index is 0.168. The molecular formula is C12H10N4O2. The fraction of sp³-hybridized carbons (Fsp3) is 0.0833. The van der Waals surface area contributed by atoms with Gasteiger partial charge in [0.25, 0.3) is 0 Å². The molecule has 0 saturated carbocycles. The molecule has 2 aromatic heterocycles. The van der Waals surface area contributed by atoms with Gasteiger partial charge < -0.3 is 4.42 Å². The average molecular weight is 242 g/mol. The van der Waals surface area contributed by atoms with Crippen molar-refractivity contribution in [3.63, 3.8) is 0 Å². The van der Waals surface area contributed by atoms with Crippen LogP contribution in [0.2, 0.25) is 0 Å². The molecule has 0 aliphatic carbocycles. The highest BCUT2D eigenvalue weighted by Gasteiger charge is 2.10. The number of rotatable bonds is 3. The van der Waals surface area contributed by atoms with Gasteiger partial charge in [-0.25, -0.2) is 5.10 Å². The number of carbonyl (C=O) groups excluding carboxylic acids is 1. The van der Waals surface area contributed by atoms with E-state index in [0.29, 0.717) is 5.95 Å². The monoisotopic (exact) mass is 242 g/mol. The maximum absolute atomic E-state index is 11.8. The van der Waals surface area contributed by atoms with E-state index in [2.05, 4.69) is 20.5 Å². The quantitative estimate of drug-likeness (QED) is 0.732. The highest BCUT2D eigenvalue weighted by atomic mass is 16.3. The Bertz CT molecular complexity index is 672. The average Bonchev–Trinajstić information content (AvgIpc) is 3.00. The molecule has 3 rings (SSSR count). The summed E-state index contributed by atoms with van der Waals surface area (Å²) in [5.41, 5.74) is 1.63. The molecule has 2 heterocycles. The van der Waals surface area contributed by atoms with Gasteiger partial charge in [0.15, 0.2) is 0 Å². The number of anilines is 1. The van der Waals surface area contributed by atoms with E-state index in [4.69, 9.17) is 4.42 Å². The summed E-state index contributed by atoms with van der Waals surface area (Å²) < 4.78 is 5.37. The molecule has 0 saturated heterocycles. The van der Waals surface area contributed by atoms with Gasteiger partial charge in [0.1, 0.15) is 11.9 Å². The zero-order valence-electron chi connectivity index (χ0n) is 9.38. The number of carbonyl (C=O) groups is 1. The Morgan fingerprint density at radius 3 is 3.11 bits per heavy atom. The van der Waals surface area contributed by atoms with Gasteiger partial charge in [-0.1, -0.05) is 18.2 Å². The zero-order chi connectivity index (χ0) is 12.4. The molecule has 0 aliphatic rings. The van der Waals surface area contributed by atoms with E-state index in [-0.39, 0.29) is 12.3 Å². The van der Waals surface area contributed by atoms with Crippen molar-refractivity contribution in [1.82, 2.24) is 15.2 Å². The van der Waals surface area contributed by atoms with Crippen LogP contribution >= 0.6 is 0 Å². The van der Waals surface area contributed by atoms with Gasteiger partial charge in [0.2, 0.25) is 11.9 Å². The van der Waals surface area contributed by atoms with E-state index in [0.717, 1.165) is 16.5 Å². The molecule has 0 fully saturated rings. The Kier molecular flexibility index (Phi) is 2.53. The number of aromatic amines is 1. The van der Waals surface area contributed by atoms with Crippen molar-refractivity contribution < 1.29 is 9.21 Å². The Labute approximate surface area is 102 Å². The highest BCUT2D eigenvalue weighted by Crippen LogP contribution is 2.21. The summed E-state index contributed by atoms with van der Waals surface area (Å²) >= 11 is 0. The number of para-hydroxylation sites is 1. The summed E-state index contributed by atoms with van der Waals surface area (Å²) in [7, 11) is 0. The van der Waals surface area contributed by atoms with E-state index in [1.54, 1.807) is 6.26 Å². The van der Waals surface area contributed by atoms with Crippen LogP contribution in [0.5, 0.6) is 0 Å². The van der Waals surface area contributed by atoms with Gasteiger partial charge in [0.05, 0.1) is 12.7 Å². The predicted octanol–water partition coefficient (Wildman–Crippen LogP) is 1.73. The fourth-order valence-electron chi connectivity index (χ4n) is 1.78. The van der Waals surface area contributed by atoms with Crippen molar-refractivity contribution in [3.05, 3.63) is 42.4 Å². The fourth-order valence-corrected chi connectivity index (χ4v) is 1.78. The molecule has 1 amide bonds. The first-order chi connectivity index (χ1) is 8.83. The van der Waals surface area contributed by atoms with Gasteiger partial charge in [0, 0.05) is 10.9 Å². The first kappa shape index (κ1) is 10.5. The molecule has 6 nitrogen and oxygen atoms in total. The number of H-pyrrole nitrogens is 1. The van der Waals surface area contributed by atoms with Gasteiger partial charge in [-0.2, -0.15) is 10.1 Å². The smallest absolute Gasteiger partial charge is 0.231 e. The number of fused-ring (bicyclic) bond motifs is 1. The SMILES string of the molecule is O=C(Cc1coc2ccccc12)Nc1ncn[nH]1. The summed E-state index contributed by atoms with van der Waals surface area (Å²) in [5.74, 6) is 0.172. The van der Waals surface area contributed by atoms with E-state index in [1.807, 2.05) is 24.3 Å². The van der Waals surface area contributed by atoms with E-state index in [1.165, 1.54) is 6.33 Å². The molecule has 0 bridgehead atoms. The van der Waals surface area contributed by atoms with Crippen molar-refractivity contribution in [2.75, 3.05) is 5.32 Å². The number of benzene rings is 1. The highest BCUT2D eigenvalue weighted by molar-refractivity contribution is 5.94. The van der Waals surface area contributed by atoms with Crippen LogP contribution in [0.3, 0.4) is 0 Å². The van der Waals surface area contributed by atoms with Crippen LogP contribution in [0.25, 0.3) is 11.0 Å². The lowest BCUT2D eigenvalue weighted by molar-refractivity contribution is -0.115. The van der Waals surface area contributed by atoms with E-state index < -0.39 is 0 Å². The van der Waals surface area contributed by atoms with Crippen LogP contribution in [-0.4, -0.2) is 21.1 Å². The van der Waals surface area contributed by atoms with Crippen molar-refractivity contribution in [2.45, 2.75) is 6.42 Å². The number of nitrogens with one attached hydrogen (secondary N) is 2. The molecule has 0 unspecified atom stereocenters. The molecule has 3 aromatic rings. The normalized spacial score (nSPS) is 10.7. The zero-order valence-corrected chi connectivity index (χ0v) is 9.38. The number of furan rings is 1.